The Labute approximate surface area is 147 Å². The number of rotatable bonds is 4. The summed E-state index contributed by atoms with van der Waals surface area (Å²) in [7, 11) is 0. The molecular formula is C16H13BrClN5. The van der Waals surface area contributed by atoms with Crippen LogP contribution in [0.15, 0.2) is 53.1 Å². The van der Waals surface area contributed by atoms with Crippen LogP contribution < -0.4 is 10.6 Å². The standard InChI is InChI=1S/C16H13BrClN5/c1-10-13(18)6-3-7-14(10)21-16-22-15(9-19-23-16)20-12-5-2-4-11(17)8-12/h2-9H,1H3,(H2,20,21,22,23). The van der Waals surface area contributed by atoms with Crippen LogP contribution in [0.3, 0.4) is 0 Å². The van der Waals surface area contributed by atoms with E-state index in [0.717, 1.165) is 21.4 Å². The van der Waals surface area contributed by atoms with Crippen molar-refractivity contribution in [1.29, 1.82) is 0 Å². The Bertz CT molecular complexity index is 840. The van der Waals surface area contributed by atoms with Crippen molar-refractivity contribution in [2.24, 2.45) is 0 Å². The van der Waals surface area contributed by atoms with Gasteiger partial charge in [-0.25, -0.2) is 0 Å². The molecule has 1 heterocycles. The molecule has 2 aromatic carbocycles. The third-order valence-corrected chi connectivity index (χ3v) is 4.07. The second-order valence-electron chi connectivity index (χ2n) is 4.84. The molecule has 3 rings (SSSR count). The first kappa shape index (κ1) is 15.7. The lowest BCUT2D eigenvalue weighted by Gasteiger charge is -2.10. The summed E-state index contributed by atoms with van der Waals surface area (Å²) in [6, 6.07) is 13.4. The molecule has 0 radical (unpaired) electrons. The molecule has 0 atom stereocenters. The number of anilines is 4. The van der Waals surface area contributed by atoms with Crippen molar-refractivity contribution in [1.82, 2.24) is 15.2 Å². The number of nitrogens with one attached hydrogen (secondary N) is 2. The van der Waals surface area contributed by atoms with Crippen molar-refractivity contribution < 1.29 is 0 Å². The highest BCUT2D eigenvalue weighted by Crippen LogP contribution is 2.25. The minimum Gasteiger partial charge on any atom is -0.339 e. The Morgan fingerprint density at radius 1 is 1.09 bits per heavy atom. The maximum atomic E-state index is 6.12. The Kier molecular flexibility index (Phi) is 4.73. The summed E-state index contributed by atoms with van der Waals surface area (Å²) in [6.07, 6.45) is 1.57. The largest absolute Gasteiger partial charge is 0.339 e. The Morgan fingerprint density at radius 2 is 1.91 bits per heavy atom. The van der Waals surface area contributed by atoms with Crippen LogP contribution in [0.4, 0.5) is 23.1 Å². The molecule has 0 spiro atoms. The van der Waals surface area contributed by atoms with Gasteiger partial charge < -0.3 is 10.6 Å². The predicted molar refractivity (Wildman–Crippen MR) is 96.7 cm³/mol. The van der Waals surface area contributed by atoms with Crippen molar-refractivity contribution in [2.45, 2.75) is 6.92 Å². The Hall–Kier alpha value is -2.18. The molecule has 23 heavy (non-hydrogen) atoms. The third-order valence-electron chi connectivity index (χ3n) is 3.17. The summed E-state index contributed by atoms with van der Waals surface area (Å²) in [5, 5.41) is 15.0. The van der Waals surface area contributed by atoms with Gasteiger partial charge in [-0.3, -0.25) is 0 Å². The van der Waals surface area contributed by atoms with E-state index in [1.54, 1.807) is 6.20 Å². The van der Waals surface area contributed by atoms with Crippen LogP contribution in [0.25, 0.3) is 0 Å². The van der Waals surface area contributed by atoms with Crippen molar-refractivity contribution in [2.75, 3.05) is 10.6 Å². The van der Waals surface area contributed by atoms with Crippen LogP contribution in [0.2, 0.25) is 5.02 Å². The van der Waals surface area contributed by atoms with E-state index >= 15 is 0 Å². The summed E-state index contributed by atoms with van der Waals surface area (Å²) in [5.41, 5.74) is 2.69. The minimum absolute atomic E-state index is 0.398. The predicted octanol–water partition coefficient (Wildman–Crippen LogP) is 5.08. The Morgan fingerprint density at radius 3 is 2.74 bits per heavy atom. The van der Waals surface area contributed by atoms with Crippen molar-refractivity contribution >= 4 is 50.7 Å². The lowest BCUT2D eigenvalue weighted by molar-refractivity contribution is 0.982. The number of hydrogen-bond acceptors (Lipinski definition) is 5. The average molecular weight is 391 g/mol. The maximum Gasteiger partial charge on any atom is 0.249 e. The highest BCUT2D eigenvalue weighted by molar-refractivity contribution is 9.10. The highest BCUT2D eigenvalue weighted by Gasteiger charge is 2.06. The first-order valence-corrected chi connectivity index (χ1v) is 8.03. The lowest BCUT2D eigenvalue weighted by atomic mass is 10.2. The molecule has 3 aromatic rings. The van der Waals surface area contributed by atoms with Gasteiger partial charge in [0.2, 0.25) is 5.95 Å². The molecule has 0 fully saturated rings. The number of benzene rings is 2. The van der Waals surface area contributed by atoms with E-state index in [1.165, 1.54) is 0 Å². The molecule has 7 heteroatoms. The van der Waals surface area contributed by atoms with Crippen LogP contribution >= 0.6 is 27.5 Å². The number of aromatic nitrogens is 3. The van der Waals surface area contributed by atoms with Gasteiger partial charge in [0.15, 0.2) is 5.82 Å². The van der Waals surface area contributed by atoms with Crippen LogP contribution in [0, 0.1) is 6.92 Å². The lowest BCUT2D eigenvalue weighted by Crippen LogP contribution is -2.03. The summed E-state index contributed by atoms with van der Waals surface area (Å²) in [5.74, 6) is 0.996. The number of nitrogens with zero attached hydrogens (tertiary/aromatic N) is 3. The molecule has 0 bridgehead atoms. The quantitative estimate of drug-likeness (QED) is 0.650. The van der Waals surface area contributed by atoms with Gasteiger partial charge in [0, 0.05) is 20.9 Å². The van der Waals surface area contributed by atoms with Gasteiger partial charge in [-0.2, -0.15) is 10.1 Å². The monoisotopic (exact) mass is 389 g/mol. The van der Waals surface area contributed by atoms with E-state index in [-0.39, 0.29) is 0 Å². The molecule has 116 valence electrons. The fourth-order valence-electron chi connectivity index (χ4n) is 1.99. The van der Waals surface area contributed by atoms with E-state index in [0.29, 0.717) is 16.8 Å². The molecule has 0 saturated heterocycles. The van der Waals surface area contributed by atoms with Crippen molar-refractivity contribution in [3.63, 3.8) is 0 Å². The van der Waals surface area contributed by atoms with E-state index in [4.69, 9.17) is 11.6 Å². The van der Waals surface area contributed by atoms with Gasteiger partial charge in [0.05, 0.1) is 6.20 Å². The second-order valence-corrected chi connectivity index (χ2v) is 6.16. The van der Waals surface area contributed by atoms with Gasteiger partial charge in [-0.1, -0.05) is 39.7 Å². The van der Waals surface area contributed by atoms with Crippen LogP contribution in [0.5, 0.6) is 0 Å². The van der Waals surface area contributed by atoms with Gasteiger partial charge in [-0.05, 0) is 42.8 Å². The molecule has 0 amide bonds. The third kappa shape index (κ3) is 3.97. The topological polar surface area (TPSA) is 62.7 Å². The maximum absolute atomic E-state index is 6.12. The van der Waals surface area contributed by atoms with Crippen LogP contribution in [-0.4, -0.2) is 15.2 Å². The molecule has 2 N–H and O–H groups in total. The number of halogens is 2. The second kappa shape index (κ2) is 6.93. The van der Waals surface area contributed by atoms with Crippen molar-refractivity contribution in [3.05, 3.63) is 63.7 Å². The molecule has 1 aromatic heterocycles. The van der Waals surface area contributed by atoms with E-state index < -0.39 is 0 Å². The summed E-state index contributed by atoms with van der Waals surface area (Å²) in [4.78, 5) is 4.41. The first-order chi connectivity index (χ1) is 11.1. The fraction of sp³-hybridized carbons (Fsp3) is 0.0625. The zero-order valence-corrected chi connectivity index (χ0v) is 14.6. The van der Waals surface area contributed by atoms with E-state index in [2.05, 4.69) is 41.7 Å². The zero-order chi connectivity index (χ0) is 16.2. The molecule has 0 aliphatic carbocycles. The smallest absolute Gasteiger partial charge is 0.249 e. The molecular weight excluding hydrogens is 378 g/mol. The van der Waals surface area contributed by atoms with Crippen LogP contribution in [-0.2, 0) is 0 Å². The SMILES string of the molecule is Cc1c(Cl)cccc1Nc1nncc(Nc2cccc(Br)c2)n1. The van der Waals surface area contributed by atoms with Gasteiger partial charge >= 0.3 is 0 Å². The molecule has 5 nitrogen and oxygen atoms in total. The molecule has 0 aliphatic heterocycles. The fourth-order valence-corrected chi connectivity index (χ4v) is 2.57. The molecule has 0 saturated carbocycles. The van der Waals surface area contributed by atoms with Gasteiger partial charge in [0.25, 0.3) is 0 Å². The zero-order valence-electron chi connectivity index (χ0n) is 12.2. The highest BCUT2D eigenvalue weighted by atomic mass is 79.9. The number of hydrogen-bond donors (Lipinski definition) is 2. The van der Waals surface area contributed by atoms with Gasteiger partial charge in [0.1, 0.15) is 0 Å². The minimum atomic E-state index is 0.398. The van der Waals surface area contributed by atoms with E-state index in [1.807, 2.05) is 49.4 Å². The average Bonchev–Trinajstić information content (AvgIpc) is 2.52. The summed E-state index contributed by atoms with van der Waals surface area (Å²) in [6.45, 7) is 1.93. The Balaban J connectivity index is 1.81. The molecule has 0 aliphatic rings. The first-order valence-electron chi connectivity index (χ1n) is 6.86. The molecule has 0 unspecified atom stereocenters. The summed E-state index contributed by atoms with van der Waals surface area (Å²) >= 11 is 9.56. The van der Waals surface area contributed by atoms with E-state index in [9.17, 15) is 0 Å². The normalized spacial score (nSPS) is 10.4. The van der Waals surface area contributed by atoms with Crippen LogP contribution in [0.1, 0.15) is 5.56 Å². The van der Waals surface area contributed by atoms with Crippen molar-refractivity contribution in [3.8, 4) is 0 Å². The van der Waals surface area contributed by atoms with Gasteiger partial charge in [-0.15, -0.1) is 5.10 Å². The summed E-state index contributed by atoms with van der Waals surface area (Å²) < 4.78 is 0.984.